The van der Waals surface area contributed by atoms with Gasteiger partial charge >= 0.3 is 0 Å². The minimum Gasteiger partial charge on any atom is -0.503 e. The lowest BCUT2D eigenvalue weighted by molar-refractivity contribution is -0.121. The summed E-state index contributed by atoms with van der Waals surface area (Å²) in [5.74, 6) is 0.164. The molecule has 1 rings (SSSR count). The monoisotopic (exact) mass is 199 g/mol. The SMILES string of the molecule is CC.CC(C)C1C=C(O)C(=O)NC1C. The first-order valence-corrected chi connectivity index (χ1v) is 5.24. The van der Waals surface area contributed by atoms with Gasteiger partial charge in [-0.15, -0.1) is 0 Å². The maximum absolute atomic E-state index is 10.9. The molecule has 0 aliphatic carbocycles. The Hall–Kier alpha value is -0.990. The van der Waals surface area contributed by atoms with Crippen LogP contribution in [0, 0.1) is 11.8 Å². The first-order valence-electron chi connectivity index (χ1n) is 5.24. The van der Waals surface area contributed by atoms with Gasteiger partial charge in [0.2, 0.25) is 0 Å². The molecule has 0 spiro atoms. The lowest BCUT2D eigenvalue weighted by Crippen LogP contribution is -2.44. The second kappa shape index (κ2) is 5.68. The predicted octanol–water partition coefficient (Wildman–Crippen LogP) is 2.25. The van der Waals surface area contributed by atoms with Gasteiger partial charge in [-0.1, -0.05) is 27.7 Å². The average Bonchev–Trinajstić information content (AvgIpc) is 2.14. The van der Waals surface area contributed by atoms with Gasteiger partial charge in [0.15, 0.2) is 5.76 Å². The Balaban J connectivity index is 0.000000791. The second-order valence-electron chi connectivity index (χ2n) is 3.64. The third-order valence-electron chi connectivity index (χ3n) is 2.29. The first kappa shape index (κ1) is 13.0. The van der Waals surface area contributed by atoms with E-state index in [2.05, 4.69) is 19.2 Å². The first-order chi connectivity index (χ1) is 6.52. The van der Waals surface area contributed by atoms with E-state index in [1.807, 2.05) is 20.8 Å². The molecule has 3 heteroatoms. The van der Waals surface area contributed by atoms with E-state index in [9.17, 15) is 4.79 Å². The van der Waals surface area contributed by atoms with Crippen LogP contribution < -0.4 is 5.32 Å². The second-order valence-corrected chi connectivity index (χ2v) is 3.64. The Labute approximate surface area is 86.2 Å². The Morgan fingerprint density at radius 3 is 2.36 bits per heavy atom. The standard InChI is InChI=1S/C9H15NO2.C2H6/c1-5(2)7-4-8(11)9(12)10-6(7)3;1-2/h4-7,11H,1-3H3,(H,10,12);1-2H3. The summed E-state index contributed by atoms with van der Waals surface area (Å²) in [5.41, 5.74) is 0. The van der Waals surface area contributed by atoms with Gasteiger partial charge in [0.1, 0.15) is 0 Å². The van der Waals surface area contributed by atoms with Crippen LogP contribution in [0.1, 0.15) is 34.6 Å². The van der Waals surface area contributed by atoms with Crippen LogP contribution in [0.5, 0.6) is 0 Å². The van der Waals surface area contributed by atoms with Crippen molar-refractivity contribution in [2.24, 2.45) is 11.8 Å². The maximum Gasteiger partial charge on any atom is 0.286 e. The van der Waals surface area contributed by atoms with Crippen LogP contribution >= 0.6 is 0 Å². The molecule has 1 aliphatic rings. The number of carbonyl (C=O) groups is 1. The molecule has 0 aromatic rings. The van der Waals surface area contributed by atoms with Gasteiger partial charge < -0.3 is 10.4 Å². The lowest BCUT2D eigenvalue weighted by atomic mass is 9.86. The fourth-order valence-electron chi connectivity index (χ4n) is 1.55. The van der Waals surface area contributed by atoms with Gasteiger partial charge in [0.05, 0.1) is 0 Å². The molecular weight excluding hydrogens is 178 g/mol. The normalized spacial score (nSPS) is 26.1. The Morgan fingerprint density at radius 2 is 1.93 bits per heavy atom. The highest BCUT2D eigenvalue weighted by Crippen LogP contribution is 2.21. The molecule has 0 aromatic heterocycles. The van der Waals surface area contributed by atoms with E-state index in [4.69, 9.17) is 5.11 Å². The summed E-state index contributed by atoms with van der Waals surface area (Å²) < 4.78 is 0. The number of nitrogens with one attached hydrogen (secondary N) is 1. The molecule has 0 bridgehead atoms. The summed E-state index contributed by atoms with van der Waals surface area (Å²) in [6.07, 6.45) is 1.65. The summed E-state index contributed by atoms with van der Waals surface area (Å²) in [7, 11) is 0. The van der Waals surface area contributed by atoms with Gasteiger partial charge in [-0.3, -0.25) is 4.79 Å². The third-order valence-corrected chi connectivity index (χ3v) is 2.29. The number of carbonyl (C=O) groups excluding carboxylic acids is 1. The minimum absolute atomic E-state index is 0.119. The fourth-order valence-corrected chi connectivity index (χ4v) is 1.55. The molecule has 2 N–H and O–H groups in total. The molecule has 0 saturated heterocycles. The smallest absolute Gasteiger partial charge is 0.286 e. The summed E-state index contributed by atoms with van der Waals surface area (Å²) in [6, 6.07) is 0.119. The van der Waals surface area contributed by atoms with Gasteiger partial charge in [0.25, 0.3) is 5.91 Å². The van der Waals surface area contributed by atoms with Crippen molar-refractivity contribution >= 4 is 5.91 Å². The molecule has 3 nitrogen and oxygen atoms in total. The van der Waals surface area contributed by atoms with Crippen molar-refractivity contribution < 1.29 is 9.90 Å². The molecule has 1 amide bonds. The minimum atomic E-state index is -0.362. The molecule has 0 aromatic carbocycles. The number of rotatable bonds is 1. The number of amides is 1. The number of hydrogen-bond donors (Lipinski definition) is 2. The Kier molecular flexibility index (Phi) is 5.28. The van der Waals surface area contributed by atoms with Crippen LogP contribution in [-0.4, -0.2) is 17.1 Å². The number of hydrogen-bond acceptors (Lipinski definition) is 2. The quantitative estimate of drug-likeness (QED) is 0.680. The molecule has 0 fully saturated rings. The third kappa shape index (κ3) is 3.05. The summed E-state index contributed by atoms with van der Waals surface area (Å²) in [4.78, 5) is 10.9. The molecule has 2 unspecified atom stereocenters. The topological polar surface area (TPSA) is 49.3 Å². The van der Waals surface area contributed by atoms with Gasteiger partial charge in [-0.05, 0) is 18.9 Å². The van der Waals surface area contributed by atoms with Crippen molar-refractivity contribution in [1.82, 2.24) is 5.32 Å². The van der Waals surface area contributed by atoms with E-state index in [1.54, 1.807) is 6.08 Å². The van der Waals surface area contributed by atoms with E-state index >= 15 is 0 Å². The van der Waals surface area contributed by atoms with Crippen molar-refractivity contribution in [3.05, 3.63) is 11.8 Å². The zero-order valence-electron chi connectivity index (χ0n) is 9.66. The lowest BCUT2D eigenvalue weighted by Gasteiger charge is -2.29. The zero-order valence-corrected chi connectivity index (χ0v) is 9.66. The summed E-state index contributed by atoms with van der Waals surface area (Å²) >= 11 is 0. The van der Waals surface area contributed by atoms with Crippen LogP contribution in [0.15, 0.2) is 11.8 Å². The van der Waals surface area contributed by atoms with Crippen molar-refractivity contribution in [1.29, 1.82) is 0 Å². The van der Waals surface area contributed by atoms with Crippen molar-refractivity contribution in [2.45, 2.75) is 40.7 Å². The van der Waals surface area contributed by atoms with Gasteiger partial charge in [-0.25, -0.2) is 0 Å². The highest BCUT2D eigenvalue weighted by atomic mass is 16.3. The summed E-state index contributed by atoms with van der Waals surface area (Å²) in [5, 5.41) is 11.9. The molecule has 1 heterocycles. The predicted molar refractivity (Wildman–Crippen MR) is 58.0 cm³/mol. The van der Waals surface area contributed by atoms with Crippen LogP contribution in [0.25, 0.3) is 0 Å². The highest BCUT2D eigenvalue weighted by Gasteiger charge is 2.27. The highest BCUT2D eigenvalue weighted by molar-refractivity contribution is 5.92. The molecule has 82 valence electrons. The van der Waals surface area contributed by atoms with E-state index in [1.165, 1.54) is 0 Å². The van der Waals surface area contributed by atoms with E-state index in [-0.39, 0.29) is 23.6 Å². The number of aliphatic hydroxyl groups is 1. The van der Waals surface area contributed by atoms with Gasteiger partial charge in [-0.2, -0.15) is 0 Å². The van der Waals surface area contributed by atoms with Crippen molar-refractivity contribution in [2.75, 3.05) is 0 Å². The maximum atomic E-state index is 10.9. The fraction of sp³-hybridized carbons (Fsp3) is 0.727. The van der Waals surface area contributed by atoms with E-state index in [0.717, 1.165) is 0 Å². The number of aliphatic hydroxyl groups excluding tert-OH is 1. The van der Waals surface area contributed by atoms with Crippen LogP contribution in [-0.2, 0) is 4.79 Å². The average molecular weight is 199 g/mol. The Morgan fingerprint density at radius 1 is 1.43 bits per heavy atom. The molecule has 0 saturated carbocycles. The molecule has 14 heavy (non-hydrogen) atoms. The Bertz CT molecular complexity index is 221. The molecular formula is C11H21NO2. The largest absolute Gasteiger partial charge is 0.503 e. The van der Waals surface area contributed by atoms with Crippen molar-refractivity contribution in [3.63, 3.8) is 0 Å². The van der Waals surface area contributed by atoms with Gasteiger partial charge in [0, 0.05) is 12.0 Å². The molecule has 0 radical (unpaired) electrons. The van der Waals surface area contributed by atoms with Crippen LogP contribution in [0.3, 0.4) is 0 Å². The van der Waals surface area contributed by atoms with Crippen molar-refractivity contribution in [3.8, 4) is 0 Å². The van der Waals surface area contributed by atoms with Crippen LogP contribution in [0.4, 0.5) is 0 Å². The van der Waals surface area contributed by atoms with E-state index in [0.29, 0.717) is 5.92 Å². The molecule has 1 aliphatic heterocycles. The van der Waals surface area contributed by atoms with Crippen LogP contribution in [0.2, 0.25) is 0 Å². The zero-order chi connectivity index (χ0) is 11.3. The summed E-state index contributed by atoms with van der Waals surface area (Å²) in [6.45, 7) is 10.1. The molecule has 2 atom stereocenters. The van der Waals surface area contributed by atoms with E-state index < -0.39 is 0 Å².